The van der Waals surface area contributed by atoms with E-state index in [0.29, 0.717) is 30.8 Å². The summed E-state index contributed by atoms with van der Waals surface area (Å²) in [5, 5.41) is 4.24. The number of nitrogens with zero attached hydrogens (tertiary/aromatic N) is 2. The average Bonchev–Trinajstić information content (AvgIpc) is 3.05. The maximum atomic E-state index is 13.3. The van der Waals surface area contributed by atoms with Gasteiger partial charge in [-0.15, -0.1) is 0 Å². The number of carbonyl (C=O) groups is 2. The first-order valence-electron chi connectivity index (χ1n) is 11.0. The van der Waals surface area contributed by atoms with Gasteiger partial charge in [-0.1, -0.05) is 30.7 Å². The molecule has 1 aromatic heterocycles. The van der Waals surface area contributed by atoms with Crippen LogP contribution in [0.4, 0.5) is 0 Å². The molecule has 2 amide bonds. The molecule has 158 valence electrons. The van der Waals surface area contributed by atoms with Crippen LogP contribution < -0.4 is 0 Å². The average molecular weight is 423 g/mol. The third kappa shape index (κ3) is 3.27. The van der Waals surface area contributed by atoms with Crippen LogP contribution in [0.3, 0.4) is 0 Å². The molecule has 0 N–H and O–H groups in total. The number of rotatable bonds is 5. The van der Waals surface area contributed by atoms with Crippen LogP contribution in [-0.2, 0) is 16.0 Å². The lowest BCUT2D eigenvalue weighted by Crippen LogP contribution is -2.45. The maximum absolute atomic E-state index is 13.3. The summed E-state index contributed by atoms with van der Waals surface area (Å²) in [6.07, 6.45) is 6.22. The third-order valence-corrected chi connectivity index (χ3v) is 8.40. The normalized spacial score (nSPS) is 26.5. The molecule has 4 nitrogen and oxygen atoms in total. The highest BCUT2D eigenvalue weighted by molar-refractivity contribution is 7.08. The second kappa shape index (κ2) is 7.23. The molecule has 5 rings (SSSR count). The minimum absolute atomic E-state index is 0.147. The van der Waals surface area contributed by atoms with Crippen molar-refractivity contribution in [1.29, 1.82) is 0 Å². The molecule has 1 saturated heterocycles. The van der Waals surface area contributed by atoms with Crippen LogP contribution in [0, 0.1) is 16.7 Å². The first-order valence-corrected chi connectivity index (χ1v) is 12.0. The summed E-state index contributed by atoms with van der Waals surface area (Å²) in [5.74, 6) is 0.672. The van der Waals surface area contributed by atoms with Crippen LogP contribution in [0.2, 0.25) is 0 Å². The Morgan fingerprint density at radius 2 is 1.87 bits per heavy atom. The van der Waals surface area contributed by atoms with Crippen LogP contribution >= 0.6 is 11.3 Å². The smallest absolute Gasteiger partial charge is 0.230 e. The van der Waals surface area contributed by atoms with E-state index in [9.17, 15) is 9.59 Å². The van der Waals surface area contributed by atoms with Gasteiger partial charge in [0.25, 0.3) is 0 Å². The van der Waals surface area contributed by atoms with E-state index < -0.39 is 5.41 Å². The monoisotopic (exact) mass is 422 g/mol. The molecule has 2 unspecified atom stereocenters. The summed E-state index contributed by atoms with van der Waals surface area (Å²) in [7, 11) is 3.66. The number of thiophene rings is 1. The minimum atomic E-state index is -0.509. The fourth-order valence-electron chi connectivity index (χ4n) is 5.66. The molecule has 1 aliphatic heterocycles. The predicted octanol–water partition coefficient (Wildman–Crippen LogP) is 4.45. The van der Waals surface area contributed by atoms with E-state index in [0.717, 1.165) is 12.8 Å². The highest BCUT2D eigenvalue weighted by atomic mass is 32.1. The molecule has 2 aliphatic carbocycles. The van der Waals surface area contributed by atoms with Crippen LogP contribution in [0.25, 0.3) is 11.1 Å². The summed E-state index contributed by atoms with van der Waals surface area (Å²) < 4.78 is 0. The lowest BCUT2D eigenvalue weighted by molar-refractivity contribution is -0.140. The quantitative estimate of drug-likeness (QED) is 0.714. The second-order valence-corrected chi connectivity index (χ2v) is 10.6. The summed E-state index contributed by atoms with van der Waals surface area (Å²) in [6.45, 7) is 1.26. The Morgan fingerprint density at radius 3 is 2.43 bits per heavy atom. The van der Waals surface area contributed by atoms with Gasteiger partial charge in [0.2, 0.25) is 11.8 Å². The van der Waals surface area contributed by atoms with Gasteiger partial charge in [-0.05, 0) is 71.0 Å². The van der Waals surface area contributed by atoms with Crippen molar-refractivity contribution in [2.45, 2.75) is 38.5 Å². The molecule has 1 spiro atoms. The number of carbonyl (C=O) groups excluding carboxylic acids is 2. The molecule has 0 radical (unpaired) electrons. The van der Waals surface area contributed by atoms with Crippen molar-refractivity contribution < 1.29 is 9.59 Å². The van der Waals surface area contributed by atoms with Crippen molar-refractivity contribution in [3.05, 3.63) is 46.7 Å². The van der Waals surface area contributed by atoms with Gasteiger partial charge in [0, 0.05) is 33.1 Å². The van der Waals surface area contributed by atoms with Crippen molar-refractivity contribution >= 4 is 23.2 Å². The van der Waals surface area contributed by atoms with E-state index in [1.165, 1.54) is 36.0 Å². The van der Waals surface area contributed by atoms with E-state index in [4.69, 9.17) is 0 Å². The first-order chi connectivity index (χ1) is 14.4. The van der Waals surface area contributed by atoms with Crippen LogP contribution in [0.5, 0.6) is 0 Å². The summed E-state index contributed by atoms with van der Waals surface area (Å²) in [4.78, 5) is 30.1. The molecule has 3 fully saturated rings. The Labute approximate surface area is 182 Å². The minimum Gasteiger partial charge on any atom is -0.348 e. The van der Waals surface area contributed by atoms with Gasteiger partial charge in [-0.3, -0.25) is 9.59 Å². The van der Waals surface area contributed by atoms with Gasteiger partial charge in [0.05, 0.1) is 5.41 Å². The standard InChI is InChI=1S/C25H30N2O2S/c1-26(2)23(29)25(14-18-4-6-19(7-5-18)20-8-13-30-16-20)11-12-27(17-25)22(28)21-15-24(21)9-3-10-24/h4-8,13,16,21H,3,9-12,14-15,17H2,1-2H3. The zero-order valence-corrected chi connectivity index (χ0v) is 18.7. The van der Waals surface area contributed by atoms with Crippen molar-refractivity contribution in [2.75, 3.05) is 27.2 Å². The van der Waals surface area contributed by atoms with Crippen molar-refractivity contribution in [2.24, 2.45) is 16.7 Å². The number of benzene rings is 1. The topological polar surface area (TPSA) is 40.6 Å². The van der Waals surface area contributed by atoms with Gasteiger partial charge in [-0.2, -0.15) is 11.3 Å². The van der Waals surface area contributed by atoms with E-state index in [1.807, 2.05) is 19.0 Å². The Hall–Kier alpha value is -2.14. The van der Waals surface area contributed by atoms with Crippen LogP contribution in [0.1, 0.15) is 37.7 Å². The van der Waals surface area contributed by atoms with Crippen LogP contribution in [-0.4, -0.2) is 48.8 Å². The Kier molecular flexibility index (Phi) is 4.77. The highest BCUT2D eigenvalue weighted by Gasteiger charge is 2.62. The molecule has 0 bridgehead atoms. The lowest BCUT2D eigenvalue weighted by Gasteiger charge is -2.32. The summed E-state index contributed by atoms with van der Waals surface area (Å²) in [5.41, 5.74) is 3.43. The number of amides is 2. The van der Waals surface area contributed by atoms with Gasteiger partial charge >= 0.3 is 0 Å². The van der Waals surface area contributed by atoms with Gasteiger partial charge in [0.15, 0.2) is 0 Å². The largest absolute Gasteiger partial charge is 0.348 e. The molecule has 2 atom stereocenters. The Morgan fingerprint density at radius 1 is 1.10 bits per heavy atom. The van der Waals surface area contributed by atoms with Crippen molar-refractivity contribution in [3.8, 4) is 11.1 Å². The zero-order valence-electron chi connectivity index (χ0n) is 17.9. The maximum Gasteiger partial charge on any atom is 0.230 e. The summed E-state index contributed by atoms with van der Waals surface area (Å²) in [6, 6.07) is 10.7. The number of likely N-dealkylation sites (tertiary alicyclic amines) is 1. The van der Waals surface area contributed by atoms with Crippen LogP contribution in [0.15, 0.2) is 41.1 Å². The molecular weight excluding hydrogens is 392 g/mol. The molecular formula is C25H30N2O2S. The van der Waals surface area contributed by atoms with E-state index >= 15 is 0 Å². The second-order valence-electron chi connectivity index (χ2n) is 9.85. The van der Waals surface area contributed by atoms with E-state index in [-0.39, 0.29) is 11.8 Å². The zero-order chi connectivity index (χ0) is 20.9. The fraction of sp³-hybridized carbons (Fsp3) is 0.520. The van der Waals surface area contributed by atoms with Crippen molar-refractivity contribution in [1.82, 2.24) is 9.80 Å². The lowest BCUT2D eigenvalue weighted by atomic mass is 9.79. The molecule has 3 aliphatic rings. The number of hydrogen-bond acceptors (Lipinski definition) is 3. The SMILES string of the molecule is CN(C)C(=O)C1(Cc2ccc(-c3ccsc3)cc2)CCN(C(=O)C2CC23CCC3)C1. The van der Waals surface area contributed by atoms with E-state index in [2.05, 4.69) is 41.1 Å². The molecule has 1 aromatic carbocycles. The fourth-order valence-corrected chi connectivity index (χ4v) is 6.33. The molecule has 2 heterocycles. The number of hydrogen-bond donors (Lipinski definition) is 0. The molecule has 5 heteroatoms. The third-order valence-electron chi connectivity index (χ3n) is 7.71. The Bertz CT molecular complexity index is 946. The molecule has 2 aromatic rings. The molecule has 2 saturated carbocycles. The van der Waals surface area contributed by atoms with Crippen molar-refractivity contribution in [3.63, 3.8) is 0 Å². The molecule has 30 heavy (non-hydrogen) atoms. The first kappa shape index (κ1) is 19.8. The van der Waals surface area contributed by atoms with E-state index in [1.54, 1.807) is 16.2 Å². The van der Waals surface area contributed by atoms with Gasteiger partial charge < -0.3 is 9.80 Å². The van der Waals surface area contributed by atoms with Gasteiger partial charge in [-0.25, -0.2) is 0 Å². The summed E-state index contributed by atoms with van der Waals surface area (Å²) >= 11 is 1.70. The highest BCUT2D eigenvalue weighted by Crippen LogP contribution is 2.66. The predicted molar refractivity (Wildman–Crippen MR) is 120 cm³/mol. The Balaban J connectivity index is 1.33. The van der Waals surface area contributed by atoms with Gasteiger partial charge in [0.1, 0.15) is 0 Å².